The van der Waals surface area contributed by atoms with Crippen LogP contribution in [0.5, 0.6) is 0 Å². The number of hydrogen-bond acceptors (Lipinski definition) is 3. The summed E-state index contributed by atoms with van der Waals surface area (Å²) in [7, 11) is 0. The fourth-order valence-corrected chi connectivity index (χ4v) is 1.22. The second-order valence-corrected chi connectivity index (χ2v) is 2.81. The summed E-state index contributed by atoms with van der Waals surface area (Å²) >= 11 is 4.47. The van der Waals surface area contributed by atoms with Gasteiger partial charge in [0, 0.05) is 18.1 Å². The molecular weight excluding hydrogens is 186 g/mol. The van der Waals surface area contributed by atoms with E-state index in [0.29, 0.717) is 16.2 Å². The molecule has 1 aromatic carbocycles. The van der Waals surface area contributed by atoms with Crippen molar-refractivity contribution >= 4 is 18.1 Å². The smallest absolute Gasteiger partial charge is 0.284 e. The normalized spacial score (nSPS) is 10.5. The van der Waals surface area contributed by atoms with Gasteiger partial charge >= 0.3 is 0 Å². The molecule has 3 nitrogen and oxygen atoms in total. The highest BCUT2D eigenvalue weighted by Gasteiger charge is 2.06. The lowest BCUT2D eigenvalue weighted by Gasteiger charge is -2.01. The SMILES string of the molecule is [O-][N+](=S)c1ccccc1CC=CO. The number of rotatable bonds is 3. The standard InChI is InChI=1S/C9H9NO2S/c11-7-3-5-8-4-1-2-6-9(8)10(12)13/h1-4,6-7,11H,5H2. The first-order valence-corrected chi connectivity index (χ1v) is 4.13. The zero-order valence-electron chi connectivity index (χ0n) is 6.88. The maximum absolute atomic E-state index is 10.9. The predicted octanol–water partition coefficient (Wildman–Crippen LogP) is 2.17. The molecule has 0 radical (unpaired) electrons. The minimum Gasteiger partial charge on any atom is -0.605 e. The highest BCUT2D eigenvalue weighted by atomic mass is 32.1. The largest absolute Gasteiger partial charge is 0.605 e. The molecule has 0 unspecified atom stereocenters. The highest BCUT2D eigenvalue weighted by Crippen LogP contribution is 2.17. The first-order chi connectivity index (χ1) is 6.25. The predicted molar refractivity (Wildman–Crippen MR) is 52.6 cm³/mol. The van der Waals surface area contributed by atoms with Crippen molar-refractivity contribution in [1.29, 1.82) is 0 Å². The summed E-state index contributed by atoms with van der Waals surface area (Å²) in [6.45, 7) is 0. The molecule has 0 saturated carbocycles. The van der Waals surface area contributed by atoms with E-state index in [4.69, 9.17) is 5.11 Å². The highest BCUT2D eigenvalue weighted by molar-refractivity contribution is 7.44. The van der Waals surface area contributed by atoms with E-state index in [1.807, 2.05) is 6.07 Å². The van der Waals surface area contributed by atoms with Crippen molar-refractivity contribution in [1.82, 2.24) is 0 Å². The van der Waals surface area contributed by atoms with Crippen LogP contribution in [0.4, 0.5) is 5.69 Å². The molecule has 13 heavy (non-hydrogen) atoms. The van der Waals surface area contributed by atoms with Crippen molar-refractivity contribution < 1.29 is 9.22 Å². The summed E-state index contributed by atoms with van der Waals surface area (Å²) in [4.78, 5) is 0. The van der Waals surface area contributed by atoms with Crippen LogP contribution in [-0.4, -0.2) is 9.22 Å². The van der Waals surface area contributed by atoms with Gasteiger partial charge in [-0.3, -0.25) is 0 Å². The zero-order chi connectivity index (χ0) is 9.68. The topological polar surface area (TPSA) is 46.3 Å². The Balaban J connectivity index is 2.97. The third kappa shape index (κ3) is 2.52. The van der Waals surface area contributed by atoms with Crippen LogP contribution in [0.25, 0.3) is 0 Å². The Morgan fingerprint density at radius 3 is 2.77 bits per heavy atom. The molecule has 1 N–H and O–H groups in total. The van der Waals surface area contributed by atoms with Crippen LogP contribution in [0, 0.1) is 5.21 Å². The van der Waals surface area contributed by atoms with Gasteiger partial charge in [0.15, 0.2) is 0 Å². The minimum absolute atomic E-state index is 0.403. The van der Waals surface area contributed by atoms with Gasteiger partial charge in [-0.2, -0.15) is 0 Å². The fourth-order valence-electron chi connectivity index (χ4n) is 1.04. The van der Waals surface area contributed by atoms with Gasteiger partial charge in [-0.15, -0.1) is 0 Å². The van der Waals surface area contributed by atoms with Crippen LogP contribution in [-0.2, 0) is 18.8 Å². The minimum atomic E-state index is 0.403. The van der Waals surface area contributed by atoms with Crippen molar-refractivity contribution in [2.24, 2.45) is 0 Å². The van der Waals surface area contributed by atoms with Crippen LogP contribution in [0.3, 0.4) is 0 Å². The van der Waals surface area contributed by atoms with Crippen LogP contribution in [0.1, 0.15) is 5.56 Å². The Labute approximate surface area is 81.7 Å². The van der Waals surface area contributed by atoms with Crippen molar-refractivity contribution in [3.63, 3.8) is 0 Å². The summed E-state index contributed by atoms with van der Waals surface area (Å²) in [6.07, 6.45) is 3.01. The molecule has 0 saturated heterocycles. The maximum atomic E-state index is 10.9. The Kier molecular flexibility index (Phi) is 3.40. The molecule has 1 aromatic rings. The lowest BCUT2D eigenvalue weighted by Crippen LogP contribution is -1.93. The third-order valence-electron chi connectivity index (χ3n) is 1.63. The van der Waals surface area contributed by atoms with Crippen molar-refractivity contribution in [2.45, 2.75) is 6.42 Å². The molecule has 0 aliphatic heterocycles. The molecule has 0 spiro atoms. The zero-order valence-corrected chi connectivity index (χ0v) is 7.70. The summed E-state index contributed by atoms with van der Waals surface area (Å²) in [5.74, 6) is 0. The van der Waals surface area contributed by atoms with Gasteiger partial charge in [0.25, 0.3) is 12.4 Å². The lowest BCUT2D eigenvalue weighted by molar-refractivity contribution is -0.325. The van der Waals surface area contributed by atoms with E-state index in [9.17, 15) is 5.21 Å². The second-order valence-electron chi connectivity index (χ2n) is 2.47. The Bertz CT molecular complexity index is 336. The van der Waals surface area contributed by atoms with E-state index >= 15 is 0 Å². The Hall–Kier alpha value is -1.42. The summed E-state index contributed by atoms with van der Waals surface area (Å²) in [5, 5.41) is 19.3. The molecule has 1 rings (SSSR count). The van der Waals surface area contributed by atoms with Gasteiger partial charge in [-0.1, -0.05) is 22.3 Å². The number of hydrogen-bond donors (Lipinski definition) is 1. The molecule has 0 aromatic heterocycles. The average molecular weight is 195 g/mol. The van der Waals surface area contributed by atoms with E-state index in [0.717, 1.165) is 11.8 Å². The first kappa shape index (κ1) is 9.67. The average Bonchev–Trinajstić information content (AvgIpc) is 2.15. The fraction of sp³-hybridized carbons (Fsp3) is 0.111. The number of aliphatic hydroxyl groups is 1. The molecule has 4 heteroatoms. The molecule has 0 aliphatic rings. The van der Waals surface area contributed by atoms with Crippen molar-refractivity contribution in [2.75, 3.05) is 0 Å². The monoisotopic (exact) mass is 195 g/mol. The summed E-state index contributed by atoms with van der Waals surface area (Å²) in [5.41, 5.74) is 1.26. The molecule has 0 amide bonds. The van der Waals surface area contributed by atoms with Crippen LogP contribution in [0.2, 0.25) is 0 Å². The number of aliphatic hydroxyl groups excluding tert-OH is 1. The van der Waals surface area contributed by atoms with Gasteiger partial charge in [-0.25, -0.2) is 0 Å². The molecule has 0 heterocycles. The van der Waals surface area contributed by atoms with Gasteiger partial charge in [-0.05, 0) is 6.08 Å². The second kappa shape index (κ2) is 4.57. The van der Waals surface area contributed by atoms with Crippen LogP contribution >= 0.6 is 0 Å². The molecule has 0 atom stereocenters. The van der Waals surface area contributed by atoms with E-state index in [1.165, 1.54) is 0 Å². The molecule has 0 bridgehead atoms. The Morgan fingerprint density at radius 2 is 2.15 bits per heavy atom. The summed E-state index contributed by atoms with van der Waals surface area (Å²) < 4.78 is 0.403. The van der Waals surface area contributed by atoms with Crippen LogP contribution < -0.4 is 0 Å². The van der Waals surface area contributed by atoms with Gasteiger partial charge in [0.05, 0.1) is 6.26 Å². The van der Waals surface area contributed by atoms with E-state index in [2.05, 4.69) is 12.4 Å². The van der Waals surface area contributed by atoms with Gasteiger partial charge in [0.2, 0.25) is 5.69 Å². The number of allylic oxidation sites excluding steroid dienone is 1. The maximum Gasteiger partial charge on any atom is 0.284 e. The van der Waals surface area contributed by atoms with Crippen LogP contribution in [0.15, 0.2) is 36.6 Å². The Morgan fingerprint density at radius 1 is 1.46 bits per heavy atom. The number of para-hydroxylation sites is 1. The number of nitrogens with zero attached hydrogens (tertiary/aromatic N) is 1. The van der Waals surface area contributed by atoms with Crippen molar-refractivity contribution in [3.05, 3.63) is 47.4 Å². The molecule has 0 fully saturated rings. The van der Waals surface area contributed by atoms with Crippen molar-refractivity contribution in [3.8, 4) is 0 Å². The lowest BCUT2D eigenvalue weighted by atomic mass is 10.1. The third-order valence-corrected chi connectivity index (χ3v) is 1.83. The number of benzene rings is 1. The first-order valence-electron chi connectivity index (χ1n) is 3.77. The van der Waals surface area contributed by atoms with Gasteiger partial charge < -0.3 is 10.3 Å². The quantitative estimate of drug-likeness (QED) is 0.457. The van der Waals surface area contributed by atoms with E-state index in [1.54, 1.807) is 24.3 Å². The molecule has 68 valence electrons. The molecule has 0 aliphatic carbocycles. The van der Waals surface area contributed by atoms with E-state index < -0.39 is 0 Å². The van der Waals surface area contributed by atoms with Gasteiger partial charge in [0.1, 0.15) is 0 Å². The summed E-state index contributed by atoms with van der Waals surface area (Å²) in [6, 6.07) is 7.02. The molecular formula is C9H9NO2S. The van der Waals surface area contributed by atoms with E-state index in [-0.39, 0.29) is 0 Å².